The maximum atomic E-state index is 11.2. The molecule has 1 aromatic rings. The Labute approximate surface area is 106 Å². The van der Waals surface area contributed by atoms with Gasteiger partial charge in [0.05, 0.1) is 29.9 Å². The first-order valence-corrected chi connectivity index (χ1v) is 5.26. The number of nitriles is 1. The Bertz CT molecular complexity index is 507. The number of rotatable bonds is 3. The molecule has 18 heavy (non-hydrogen) atoms. The highest BCUT2D eigenvalue weighted by molar-refractivity contribution is 5.70. The summed E-state index contributed by atoms with van der Waals surface area (Å²) in [6, 6.07) is 5.37. The van der Waals surface area contributed by atoms with Crippen LogP contribution in [0.5, 0.6) is 5.75 Å². The van der Waals surface area contributed by atoms with Gasteiger partial charge >= 0.3 is 6.09 Å². The zero-order chi connectivity index (χ0) is 13.6. The predicted molar refractivity (Wildman–Crippen MR) is 65.7 cm³/mol. The maximum Gasteiger partial charge on any atom is 0.413 e. The van der Waals surface area contributed by atoms with Gasteiger partial charge in [-0.1, -0.05) is 5.92 Å². The van der Waals surface area contributed by atoms with Gasteiger partial charge < -0.3 is 10.1 Å². The minimum Gasteiger partial charge on any atom is -0.409 e. The van der Waals surface area contributed by atoms with Gasteiger partial charge in [-0.2, -0.15) is 5.26 Å². The number of carbonyl (C=O) groups is 1. The van der Waals surface area contributed by atoms with Crippen molar-refractivity contribution in [3.63, 3.8) is 0 Å². The number of ether oxygens (including phenoxy) is 1. The molecule has 0 aromatic carbocycles. The number of pyridine rings is 1. The molecule has 0 aliphatic rings. The van der Waals surface area contributed by atoms with Gasteiger partial charge in [0.25, 0.3) is 0 Å². The summed E-state index contributed by atoms with van der Waals surface area (Å²) in [5.41, 5.74) is -0.0639. The van der Waals surface area contributed by atoms with E-state index in [9.17, 15) is 4.79 Å². The minimum absolute atomic E-state index is 0.103. The van der Waals surface area contributed by atoms with E-state index in [-0.39, 0.29) is 6.54 Å². The lowest BCUT2D eigenvalue weighted by atomic mass is 9.91. The van der Waals surface area contributed by atoms with Crippen molar-refractivity contribution < 1.29 is 9.53 Å². The third-order valence-corrected chi connectivity index (χ3v) is 2.20. The van der Waals surface area contributed by atoms with Gasteiger partial charge in [-0.3, -0.25) is 4.98 Å². The normalized spacial score (nSPS) is 10.0. The molecule has 0 unspecified atom stereocenters. The molecule has 1 heterocycles. The third kappa shape index (κ3) is 3.50. The Morgan fingerprint density at radius 1 is 1.61 bits per heavy atom. The number of carbonyl (C=O) groups excluding carboxylic acids is 1. The fourth-order valence-electron chi connectivity index (χ4n) is 1.13. The van der Waals surface area contributed by atoms with Crippen LogP contribution in [0.15, 0.2) is 18.3 Å². The molecule has 0 aliphatic carbocycles. The first-order chi connectivity index (χ1) is 8.49. The number of nitrogens with one attached hydrogen (secondary N) is 1. The molecular weight excluding hydrogens is 230 g/mol. The molecule has 0 aliphatic heterocycles. The van der Waals surface area contributed by atoms with Crippen LogP contribution in [0.2, 0.25) is 0 Å². The zero-order valence-electron chi connectivity index (χ0n) is 10.2. The fourth-order valence-corrected chi connectivity index (χ4v) is 1.13. The second-order valence-electron chi connectivity index (χ2n) is 4.06. The Kier molecular flexibility index (Phi) is 4.28. The highest BCUT2D eigenvalue weighted by atomic mass is 16.6. The molecule has 0 spiro atoms. The third-order valence-electron chi connectivity index (χ3n) is 2.20. The van der Waals surface area contributed by atoms with Crippen molar-refractivity contribution in [2.45, 2.75) is 19.3 Å². The summed E-state index contributed by atoms with van der Waals surface area (Å²) in [7, 11) is 0. The van der Waals surface area contributed by atoms with E-state index in [0.717, 1.165) is 0 Å². The molecule has 1 rings (SSSR count). The molecule has 0 fully saturated rings. The Morgan fingerprint density at radius 2 is 2.33 bits per heavy atom. The number of aromatic nitrogens is 1. The molecule has 0 bridgehead atoms. The summed E-state index contributed by atoms with van der Waals surface area (Å²) in [5, 5.41) is 11.3. The quantitative estimate of drug-likeness (QED) is 0.818. The van der Waals surface area contributed by atoms with Crippen molar-refractivity contribution in [1.29, 1.82) is 5.26 Å². The SMILES string of the molecule is C#CCNC(=O)Oc1ccc(C(C)(C)C#N)nc1. The second-order valence-corrected chi connectivity index (χ2v) is 4.06. The Hall–Kier alpha value is -2.53. The van der Waals surface area contributed by atoms with Crippen LogP contribution < -0.4 is 10.1 Å². The van der Waals surface area contributed by atoms with Crippen molar-refractivity contribution in [1.82, 2.24) is 10.3 Å². The maximum absolute atomic E-state index is 11.2. The lowest BCUT2D eigenvalue weighted by Gasteiger charge is -2.14. The molecule has 1 N–H and O–H groups in total. The standard InChI is InChI=1S/C13H13N3O2/c1-4-7-15-12(17)18-10-5-6-11(16-8-10)13(2,3)9-14/h1,5-6,8H,7H2,2-3H3,(H,15,17). The summed E-state index contributed by atoms with van der Waals surface area (Å²) >= 11 is 0. The van der Waals surface area contributed by atoms with Crippen LogP contribution in [0.25, 0.3) is 0 Å². The van der Waals surface area contributed by atoms with Crippen LogP contribution in [0.1, 0.15) is 19.5 Å². The number of hydrogen-bond donors (Lipinski definition) is 1. The molecule has 5 heteroatoms. The van der Waals surface area contributed by atoms with E-state index < -0.39 is 11.5 Å². The van der Waals surface area contributed by atoms with Gasteiger partial charge in [-0.15, -0.1) is 6.42 Å². The van der Waals surface area contributed by atoms with Gasteiger partial charge in [0.2, 0.25) is 0 Å². The summed E-state index contributed by atoms with van der Waals surface area (Å²) in [4.78, 5) is 15.3. The van der Waals surface area contributed by atoms with E-state index >= 15 is 0 Å². The van der Waals surface area contributed by atoms with E-state index in [4.69, 9.17) is 16.4 Å². The average Bonchev–Trinajstić information content (AvgIpc) is 2.37. The number of nitrogens with zero attached hydrogens (tertiary/aromatic N) is 2. The average molecular weight is 243 g/mol. The highest BCUT2D eigenvalue weighted by Gasteiger charge is 2.21. The van der Waals surface area contributed by atoms with E-state index in [1.54, 1.807) is 26.0 Å². The van der Waals surface area contributed by atoms with Gasteiger partial charge in [0.1, 0.15) is 0 Å². The van der Waals surface area contributed by atoms with E-state index in [2.05, 4.69) is 22.3 Å². The molecule has 1 amide bonds. The van der Waals surface area contributed by atoms with Crippen molar-refractivity contribution in [3.05, 3.63) is 24.0 Å². The Balaban J connectivity index is 2.70. The first-order valence-electron chi connectivity index (χ1n) is 5.26. The molecule has 0 radical (unpaired) electrons. The smallest absolute Gasteiger partial charge is 0.409 e. The molecule has 0 saturated carbocycles. The van der Waals surface area contributed by atoms with Gasteiger partial charge in [0.15, 0.2) is 5.75 Å². The second kappa shape index (κ2) is 5.70. The largest absolute Gasteiger partial charge is 0.413 e. The topological polar surface area (TPSA) is 75.0 Å². The lowest BCUT2D eigenvalue weighted by Crippen LogP contribution is -2.27. The summed E-state index contributed by atoms with van der Waals surface area (Å²) in [6.45, 7) is 3.62. The van der Waals surface area contributed by atoms with Crippen LogP contribution in [0.3, 0.4) is 0 Å². The minimum atomic E-state index is -0.676. The summed E-state index contributed by atoms with van der Waals surface area (Å²) < 4.78 is 4.93. The van der Waals surface area contributed by atoms with Crippen LogP contribution >= 0.6 is 0 Å². The van der Waals surface area contributed by atoms with Crippen molar-refractivity contribution >= 4 is 6.09 Å². The van der Waals surface area contributed by atoms with Crippen LogP contribution in [-0.2, 0) is 5.41 Å². The number of amides is 1. The van der Waals surface area contributed by atoms with E-state index in [0.29, 0.717) is 11.4 Å². The highest BCUT2D eigenvalue weighted by Crippen LogP contribution is 2.21. The van der Waals surface area contributed by atoms with Crippen molar-refractivity contribution in [2.24, 2.45) is 0 Å². The van der Waals surface area contributed by atoms with Gasteiger partial charge in [0, 0.05) is 0 Å². The molecule has 0 atom stereocenters. The van der Waals surface area contributed by atoms with E-state index in [1.807, 2.05) is 0 Å². The monoisotopic (exact) mass is 243 g/mol. The summed E-state index contributed by atoms with van der Waals surface area (Å²) in [6.07, 6.45) is 5.75. The molecule has 0 saturated heterocycles. The Morgan fingerprint density at radius 3 is 2.83 bits per heavy atom. The zero-order valence-corrected chi connectivity index (χ0v) is 10.2. The summed E-state index contributed by atoms with van der Waals surface area (Å²) in [5.74, 6) is 2.55. The first kappa shape index (κ1) is 13.5. The predicted octanol–water partition coefficient (Wildman–Crippen LogP) is 1.60. The fraction of sp³-hybridized carbons (Fsp3) is 0.308. The van der Waals surface area contributed by atoms with Crippen molar-refractivity contribution in [2.75, 3.05) is 6.54 Å². The molecule has 92 valence electrons. The number of hydrogen-bond acceptors (Lipinski definition) is 4. The number of terminal acetylenes is 1. The molecule has 1 aromatic heterocycles. The van der Waals surface area contributed by atoms with Gasteiger partial charge in [-0.25, -0.2) is 4.79 Å². The van der Waals surface area contributed by atoms with Crippen LogP contribution in [-0.4, -0.2) is 17.6 Å². The molecule has 5 nitrogen and oxygen atoms in total. The van der Waals surface area contributed by atoms with Crippen molar-refractivity contribution in [3.8, 4) is 24.2 Å². The van der Waals surface area contributed by atoms with E-state index in [1.165, 1.54) is 6.20 Å². The molecular formula is C13H13N3O2. The van der Waals surface area contributed by atoms with Crippen LogP contribution in [0, 0.1) is 23.7 Å². The lowest BCUT2D eigenvalue weighted by molar-refractivity contribution is 0.201. The van der Waals surface area contributed by atoms with Crippen LogP contribution in [0.4, 0.5) is 4.79 Å². The van der Waals surface area contributed by atoms with Gasteiger partial charge in [-0.05, 0) is 26.0 Å².